The first-order chi connectivity index (χ1) is 19.4. The number of benzene rings is 1. The van der Waals surface area contributed by atoms with Gasteiger partial charge in [0.25, 0.3) is 5.91 Å². The summed E-state index contributed by atoms with van der Waals surface area (Å²) in [6.07, 6.45) is 12.1. The molecular weight excluding hydrogens is 530 g/mol. The molecule has 3 aliphatic rings. The van der Waals surface area contributed by atoms with Gasteiger partial charge in [0.1, 0.15) is 10.7 Å². The fourth-order valence-corrected chi connectivity index (χ4v) is 5.55. The summed E-state index contributed by atoms with van der Waals surface area (Å²) < 4.78 is 1.72. The normalized spacial score (nSPS) is 19.9. The highest BCUT2D eigenvalue weighted by atomic mass is 35.5. The van der Waals surface area contributed by atoms with Gasteiger partial charge in [0.2, 0.25) is 11.9 Å². The van der Waals surface area contributed by atoms with Crippen LogP contribution in [-0.4, -0.2) is 55.5 Å². The topological polar surface area (TPSA) is 129 Å². The van der Waals surface area contributed by atoms with Crippen LogP contribution in [0.5, 0.6) is 0 Å². The predicted octanol–water partition coefficient (Wildman–Crippen LogP) is 4.39. The van der Waals surface area contributed by atoms with E-state index in [1.807, 2.05) is 24.4 Å². The zero-order valence-electron chi connectivity index (χ0n) is 22.1. The highest BCUT2D eigenvalue weighted by Crippen LogP contribution is 2.31. The lowest BCUT2D eigenvalue weighted by atomic mass is 9.94. The number of hydrogen-bond donors (Lipinski definition) is 3. The molecule has 3 N–H and O–H groups in total. The highest BCUT2D eigenvalue weighted by molar-refractivity contribution is 6.32. The van der Waals surface area contributed by atoms with Crippen molar-refractivity contribution in [2.75, 3.05) is 29.0 Å². The molecule has 3 aromatic rings. The summed E-state index contributed by atoms with van der Waals surface area (Å²) >= 11 is 6.38. The van der Waals surface area contributed by atoms with Gasteiger partial charge in [0.05, 0.1) is 18.7 Å². The second-order valence-corrected chi connectivity index (χ2v) is 10.9. The standard InChI is InChI=1S/C28H30ClN9O2/c1-37-16-31-14-24(37)27(40)38-7-6-18(15-38)9-25(39)35-23-5-4-20-10-19(23)3-2-17-8-21(12-30-11-17)34-28-32-13-22(29)26(33-20)36-28/h4-5,10-14,16-18H,2-3,6-9,15H2,1H3,(H,35,39)(H2,32,33,34,36)/t17?,18-/m1/s1. The molecule has 11 nitrogen and oxygen atoms in total. The predicted molar refractivity (Wildman–Crippen MR) is 154 cm³/mol. The molecule has 0 radical (unpaired) electrons. The molecule has 2 atom stereocenters. The number of nitrogens with one attached hydrogen (secondary N) is 3. The first-order valence-electron chi connectivity index (χ1n) is 13.4. The minimum atomic E-state index is -0.0585. The third-order valence-electron chi connectivity index (χ3n) is 7.54. The molecule has 5 heterocycles. The second kappa shape index (κ2) is 11.1. The molecule has 2 amide bonds. The average Bonchev–Trinajstić information content (AvgIpc) is 3.59. The summed E-state index contributed by atoms with van der Waals surface area (Å²) in [5.74, 6) is 1.17. The second-order valence-electron chi connectivity index (χ2n) is 10.5. The third kappa shape index (κ3) is 5.69. The molecule has 0 aliphatic carbocycles. The van der Waals surface area contributed by atoms with Crippen molar-refractivity contribution in [3.63, 3.8) is 0 Å². The number of halogens is 1. The van der Waals surface area contributed by atoms with Gasteiger partial charge in [-0.2, -0.15) is 4.98 Å². The number of aliphatic imine (C=N–C) groups is 1. The summed E-state index contributed by atoms with van der Waals surface area (Å²) in [6, 6.07) is 5.84. The van der Waals surface area contributed by atoms with Crippen molar-refractivity contribution in [2.24, 2.45) is 23.9 Å². The van der Waals surface area contributed by atoms with Gasteiger partial charge in [-0.25, -0.2) is 9.97 Å². The van der Waals surface area contributed by atoms with Crippen LogP contribution < -0.4 is 16.0 Å². The Morgan fingerprint density at radius 1 is 1.20 bits per heavy atom. The number of anilines is 4. The number of carbonyl (C=O) groups is 2. The summed E-state index contributed by atoms with van der Waals surface area (Å²) in [7, 11) is 1.81. The number of allylic oxidation sites excluding steroid dienone is 1. The number of likely N-dealkylation sites (tertiary alicyclic amines) is 1. The number of rotatable bonds is 4. The third-order valence-corrected chi connectivity index (χ3v) is 7.81. The van der Waals surface area contributed by atoms with Crippen LogP contribution in [-0.2, 0) is 18.3 Å². The van der Waals surface area contributed by atoms with Crippen LogP contribution in [0.4, 0.5) is 23.1 Å². The van der Waals surface area contributed by atoms with E-state index < -0.39 is 0 Å². The van der Waals surface area contributed by atoms with E-state index in [-0.39, 0.29) is 23.7 Å². The first kappa shape index (κ1) is 26.0. The van der Waals surface area contributed by atoms with Gasteiger partial charge in [0.15, 0.2) is 5.82 Å². The Morgan fingerprint density at radius 3 is 2.95 bits per heavy atom. The largest absolute Gasteiger partial charge is 0.339 e. The van der Waals surface area contributed by atoms with Gasteiger partial charge < -0.3 is 25.4 Å². The fourth-order valence-electron chi connectivity index (χ4n) is 5.41. The van der Waals surface area contributed by atoms with Crippen molar-refractivity contribution in [1.82, 2.24) is 24.4 Å². The molecule has 2 aromatic heterocycles. The molecule has 12 heteroatoms. The number of nitrogens with zero attached hydrogens (tertiary/aromatic N) is 6. The van der Waals surface area contributed by atoms with Crippen molar-refractivity contribution < 1.29 is 9.59 Å². The van der Waals surface area contributed by atoms with Crippen LogP contribution in [0.3, 0.4) is 0 Å². The van der Waals surface area contributed by atoms with Crippen LogP contribution in [0.15, 0.2) is 53.8 Å². The maximum atomic E-state index is 13.1. The Balaban J connectivity index is 1.16. The lowest BCUT2D eigenvalue weighted by Gasteiger charge is -2.19. The van der Waals surface area contributed by atoms with Crippen molar-refractivity contribution in [2.45, 2.75) is 32.1 Å². The van der Waals surface area contributed by atoms with Gasteiger partial charge in [0, 0.05) is 62.0 Å². The summed E-state index contributed by atoms with van der Waals surface area (Å²) in [5.41, 5.74) is 4.10. The summed E-state index contributed by atoms with van der Waals surface area (Å²) in [5, 5.41) is 10.1. The van der Waals surface area contributed by atoms with Gasteiger partial charge in [-0.15, -0.1) is 0 Å². The molecule has 0 spiro atoms. The van der Waals surface area contributed by atoms with E-state index in [0.717, 1.165) is 48.3 Å². The Labute approximate surface area is 236 Å². The monoisotopic (exact) mass is 559 g/mol. The molecule has 6 rings (SSSR count). The van der Waals surface area contributed by atoms with Crippen molar-refractivity contribution >= 4 is 52.8 Å². The Bertz CT molecular complexity index is 1520. The molecule has 1 saturated heterocycles. The van der Waals surface area contributed by atoms with Crippen LogP contribution >= 0.6 is 11.6 Å². The Morgan fingerprint density at radius 2 is 2.10 bits per heavy atom. The molecule has 6 bridgehead atoms. The highest BCUT2D eigenvalue weighted by Gasteiger charge is 2.30. The van der Waals surface area contributed by atoms with Crippen molar-refractivity contribution in [1.29, 1.82) is 0 Å². The zero-order valence-corrected chi connectivity index (χ0v) is 22.9. The Hall–Kier alpha value is -4.25. The molecule has 0 saturated carbocycles. The number of fused-ring (bicyclic) bond motifs is 6. The van der Waals surface area contributed by atoms with Gasteiger partial charge in [-0.1, -0.05) is 11.6 Å². The molecular formula is C28H30ClN9O2. The SMILES string of the molecule is Cn1cncc1C(=O)N1CC[C@H](CC(=O)Nc2ccc3cc2CCC2C=NC=C(C2)Nc2ncc(Cl)c(n2)N3)C1. The number of aryl methyl sites for hydroxylation is 2. The quantitative estimate of drug-likeness (QED) is 0.432. The fraction of sp³-hybridized carbons (Fsp3) is 0.357. The zero-order chi connectivity index (χ0) is 27.6. The average molecular weight is 560 g/mol. The van der Waals surface area contributed by atoms with Gasteiger partial charge >= 0.3 is 0 Å². The van der Waals surface area contributed by atoms with E-state index in [1.54, 1.807) is 41.4 Å². The number of aromatic nitrogens is 4. The van der Waals surface area contributed by atoms with E-state index in [2.05, 4.69) is 35.9 Å². The van der Waals surface area contributed by atoms with E-state index >= 15 is 0 Å². The van der Waals surface area contributed by atoms with E-state index in [9.17, 15) is 9.59 Å². The molecule has 40 heavy (non-hydrogen) atoms. The maximum Gasteiger partial charge on any atom is 0.272 e. The van der Waals surface area contributed by atoms with Crippen LogP contribution in [0.25, 0.3) is 0 Å². The van der Waals surface area contributed by atoms with Gasteiger partial charge in [-0.3, -0.25) is 14.6 Å². The lowest BCUT2D eigenvalue weighted by molar-refractivity contribution is -0.117. The Kier molecular flexibility index (Phi) is 7.21. The molecule has 1 fully saturated rings. The molecule has 1 aromatic carbocycles. The van der Waals surface area contributed by atoms with Crippen molar-refractivity contribution in [3.05, 3.63) is 65.1 Å². The summed E-state index contributed by atoms with van der Waals surface area (Å²) in [4.78, 5) is 45.1. The summed E-state index contributed by atoms with van der Waals surface area (Å²) in [6.45, 7) is 1.19. The molecule has 206 valence electrons. The number of carbonyl (C=O) groups excluding carboxylic acids is 2. The minimum Gasteiger partial charge on any atom is -0.339 e. The smallest absolute Gasteiger partial charge is 0.272 e. The molecule has 1 unspecified atom stereocenters. The number of amides is 2. The van der Waals surface area contributed by atoms with E-state index in [0.29, 0.717) is 42.0 Å². The van der Waals surface area contributed by atoms with Crippen molar-refractivity contribution in [3.8, 4) is 0 Å². The first-order valence-corrected chi connectivity index (χ1v) is 13.8. The van der Waals surface area contributed by atoms with Crippen LogP contribution in [0, 0.1) is 11.8 Å². The van der Waals surface area contributed by atoms with E-state index in [4.69, 9.17) is 11.6 Å². The molecule has 3 aliphatic heterocycles. The maximum absolute atomic E-state index is 13.1. The number of hydrogen-bond acceptors (Lipinski definition) is 8. The van der Waals surface area contributed by atoms with Crippen LogP contribution in [0.1, 0.15) is 41.7 Å². The van der Waals surface area contributed by atoms with Crippen LogP contribution in [0.2, 0.25) is 5.02 Å². The van der Waals surface area contributed by atoms with E-state index in [1.165, 1.54) is 0 Å². The number of imidazole rings is 1. The van der Waals surface area contributed by atoms with Gasteiger partial charge in [-0.05, 0) is 55.4 Å². The lowest BCUT2D eigenvalue weighted by Crippen LogP contribution is -2.30. The minimum absolute atomic E-state index is 0.0485.